The zero-order valence-corrected chi connectivity index (χ0v) is 19.9. The van der Waals surface area contributed by atoms with E-state index in [1.807, 2.05) is 79.1 Å². The van der Waals surface area contributed by atoms with Gasteiger partial charge in [-0.2, -0.15) is 0 Å². The van der Waals surface area contributed by atoms with Crippen LogP contribution in [0.25, 0.3) is 22.4 Å². The minimum atomic E-state index is -0.192. The lowest BCUT2D eigenvalue weighted by Gasteiger charge is -2.11. The fourth-order valence-corrected chi connectivity index (χ4v) is 4.15. The van der Waals surface area contributed by atoms with E-state index in [9.17, 15) is 4.79 Å². The van der Waals surface area contributed by atoms with Crippen molar-refractivity contribution >= 4 is 34.5 Å². The number of amides is 1. The van der Waals surface area contributed by atoms with Crippen molar-refractivity contribution < 1.29 is 9.53 Å². The van der Waals surface area contributed by atoms with E-state index in [4.69, 9.17) is 4.74 Å². The van der Waals surface area contributed by atoms with Gasteiger partial charge in [0.05, 0.1) is 12.3 Å². The van der Waals surface area contributed by atoms with Gasteiger partial charge in [0.2, 0.25) is 5.65 Å². The monoisotopic (exact) mass is 481 g/mol. The van der Waals surface area contributed by atoms with Gasteiger partial charge in [-0.25, -0.2) is 4.98 Å². The van der Waals surface area contributed by atoms with E-state index in [-0.39, 0.29) is 5.91 Å². The SMILES string of the molecule is CSc1cc(C(=O)Nc2ccc(OCCc3ccccc3)cc2)cc(-c2ccc3[nH]nnc3n2)c1. The maximum absolute atomic E-state index is 13.1. The number of H-pyrrole nitrogens is 1. The highest BCUT2D eigenvalue weighted by Gasteiger charge is 2.12. The molecule has 174 valence electrons. The van der Waals surface area contributed by atoms with Crippen LogP contribution in [0.4, 0.5) is 5.69 Å². The Hall–Kier alpha value is -4.17. The molecule has 7 nitrogen and oxygen atoms in total. The summed E-state index contributed by atoms with van der Waals surface area (Å²) >= 11 is 1.57. The Balaban J connectivity index is 1.27. The van der Waals surface area contributed by atoms with Crippen LogP contribution in [0.3, 0.4) is 0 Å². The van der Waals surface area contributed by atoms with Crippen molar-refractivity contribution in [3.8, 4) is 17.0 Å². The first kappa shape index (κ1) is 22.6. The summed E-state index contributed by atoms with van der Waals surface area (Å²) in [5.41, 5.74) is 5.36. The topological polar surface area (TPSA) is 92.8 Å². The second kappa shape index (κ2) is 10.4. The Morgan fingerprint density at radius 2 is 1.83 bits per heavy atom. The van der Waals surface area contributed by atoms with Gasteiger partial charge < -0.3 is 10.1 Å². The molecular weight excluding hydrogens is 458 g/mol. The molecule has 2 aromatic heterocycles. The second-order valence-electron chi connectivity index (χ2n) is 7.89. The highest BCUT2D eigenvalue weighted by Crippen LogP contribution is 2.27. The maximum atomic E-state index is 13.1. The number of ether oxygens (including phenoxy) is 1. The van der Waals surface area contributed by atoms with E-state index < -0.39 is 0 Å². The number of fused-ring (bicyclic) bond motifs is 1. The summed E-state index contributed by atoms with van der Waals surface area (Å²) in [6, 6.07) is 27.1. The molecule has 5 aromatic rings. The summed E-state index contributed by atoms with van der Waals surface area (Å²) in [6.45, 7) is 0.591. The molecule has 0 unspecified atom stereocenters. The zero-order valence-electron chi connectivity index (χ0n) is 19.1. The Morgan fingerprint density at radius 3 is 2.63 bits per heavy atom. The minimum Gasteiger partial charge on any atom is -0.493 e. The van der Waals surface area contributed by atoms with E-state index in [0.717, 1.165) is 33.8 Å². The van der Waals surface area contributed by atoms with Gasteiger partial charge in [-0.1, -0.05) is 35.5 Å². The summed E-state index contributed by atoms with van der Waals surface area (Å²) in [5.74, 6) is 0.572. The number of anilines is 1. The van der Waals surface area contributed by atoms with Gasteiger partial charge in [-0.15, -0.1) is 16.9 Å². The van der Waals surface area contributed by atoms with Gasteiger partial charge in [0.15, 0.2) is 0 Å². The lowest BCUT2D eigenvalue weighted by atomic mass is 10.1. The fraction of sp³-hybridized carbons (Fsp3) is 0.111. The number of pyridine rings is 1. The molecule has 2 heterocycles. The molecule has 0 aliphatic rings. The maximum Gasteiger partial charge on any atom is 0.255 e. The van der Waals surface area contributed by atoms with Crippen LogP contribution >= 0.6 is 11.8 Å². The Morgan fingerprint density at radius 1 is 1.00 bits per heavy atom. The van der Waals surface area contributed by atoms with E-state index in [0.29, 0.717) is 23.5 Å². The van der Waals surface area contributed by atoms with E-state index in [1.54, 1.807) is 11.8 Å². The Kier molecular flexibility index (Phi) is 6.72. The average molecular weight is 482 g/mol. The van der Waals surface area contributed by atoms with Crippen molar-refractivity contribution in [1.82, 2.24) is 20.4 Å². The third-order valence-corrected chi connectivity index (χ3v) is 6.21. The van der Waals surface area contributed by atoms with Crippen LogP contribution in [0.5, 0.6) is 5.75 Å². The lowest BCUT2D eigenvalue weighted by Crippen LogP contribution is -2.12. The number of nitrogens with zero attached hydrogens (tertiary/aromatic N) is 3. The van der Waals surface area contributed by atoms with Crippen molar-refractivity contribution in [3.05, 3.63) is 96.1 Å². The number of carbonyl (C=O) groups excluding carboxylic acids is 1. The standard InChI is InChI=1S/C27H23N5O2S/c1-35-23-16-19(24-11-12-25-26(29-24)31-32-30-25)15-20(17-23)27(33)28-21-7-9-22(10-8-21)34-14-13-18-5-3-2-4-6-18/h2-12,15-17H,13-14H2,1H3,(H,28,33)(H,29,30,31,32). The molecule has 0 radical (unpaired) electrons. The number of rotatable bonds is 8. The summed E-state index contributed by atoms with van der Waals surface area (Å²) in [4.78, 5) is 18.6. The van der Waals surface area contributed by atoms with Crippen molar-refractivity contribution in [2.24, 2.45) is 0 Å². The molecule has 8 heteroatoms. The molecule has 2 N–H and O–H groups in total. The molecule has 0 aliphatic heterocycles. The summed E-state index contributed by atoms with van der Waals surface area (Å²) in [6.07, 6.45) is 2.82. The van der Waals surface area contributed by atoms with E-state index >= 15 is 0 Å². The van der Waals surface area contributed by atoms with Crippen LogP contribution < -0.4 is 10.1 Å². The molecule has 0 bridgehead atoms. The predicted molar refractivity (Wildman–Crippen MR) is 139 cm³/mol. The molecule has 0 atom stereocenters. The smallest absolute Gasteiger partial charge is 0.255 e. The molecule has 0 fully saturated rings. The Bertz CT molecular complexity index is 1450. The van der Waals surface area contributed by atoms with Crippen LogP contribution in [0.2, 0.25) is 0 Å². The van der Waals surface area contributed by atoms with Crippen LogP contribution in [-0.2, 0) is 6.42 Å². The molecule has 0 spiro atoms. The number of benzene rings is 3. The van der Waals surface area contributed by atoms with E-state index in [1.165, 1.54) is 5.56 Å². The summed E-state index contributed by atoms with van der Waals surface area (Å²) in [7, 11) is 0. The number of aromatic nitrogens is 4. The quantitative estimate of drug-likeness (QED) is 0.280. The first-order chi connectivity index (χ1) is 17.2. The third kappa shape index (κ3) is 5.50. The number of carbonyl (C=O) groups is 1. The number of hydrogen-bond donors (Lipinski definition) is 2. The number of thioether (sulfide) groups is 1. The fourth-order valence-electron chi connectivity index (χ4n) is 3.66. The number of nitrogens with one attached hydrogen (secondary N) is 2. The number of aromatic amines is 1. The summed E-state index contributed by atoms with van der Waals surface area (Å²) in [5, 5.41) is 13.5. The molecular formula is C27H23N5O2S. The molecule has 35 heavy (non-hydrogen) atoms. The van der Waals surface area contributed by atoms with Crippen molar-refractivity contribution in [3.63, 3.8) is 0 Å². The average Bonchev–Trinajstić information content (AvgIpc) is 3.38. The van der Waals surface area contributed by atoms with Gasteiger partial charge in [-0.05, 0) is 66.4 Å². The van der Waals surface area contributed by atoms with Crippen molar-refractivity contribution in [2.75, 3.05) is 18.2 Å². The van der Waals surface area contributed by atoms with Gasteiger partial charge >= 0.3 is 0 Å². The predicted octanol–water partition coefficient (Wildman–Crippen LogP) is 5.62. The highest BCUT2D eigenvalue weighted by molar-refractivity contribution is 7.98. The van der Waals surface area contributed by atoms with Crippen LogP contribution in [0, 0.1) is 0 Å². The van der Waals surface area contributed by atoms with Crippen LogP contribution in [-0.4, -0.2) is 39.2 Å². The highest BCUT2D eigenvalue weighted by atomic mass is 32.2. The molecule has 3 aromatic carbocycles. The molecule has 0 aliphatic carbocycles. The minimum absolute atomic E-state index is 0.192. The first-order valence-electron chi connectivity index (χ1n) is 11.1. The van der Waals surface area contributed by atoms with Crippen molar-refractivity contribution in [2.45, 2.75) is 11.3 Å². The van der Waals surface area contributed by atoms with Gasteiger partial charge in [0, 0.05) is 28.1 Å². The lowest BCUT2D eigenvalue weighted by molar-refractivity contribution is 0.102. The van der Waals surface area contributed by atoms with E-state index in [2.05, 4.69) is 37.8 Å². The van der Waals surface area contributed by atoms with Gasteiger partial charge in [-0.3, -0.25) is 9.89 Å². The molecule has 1 amide bonds. The molecule has 0 saturated heterocycles. The third-order valence-electron chi connectivity index (χ3n) is 5.50. The van der Waals surface area contributed by atoms with Gasteiger partial charge in [0.1, 0.15) is 11.3 Å². The second-order valence-corrected chi connectivity index (χ2v) is 8.77. The normalized spacial score (nSPS) is 10.9. The molecule has 5 rings (SSSR count). The zero-order chi connectivity index (χ0) is 24.0. The molecule has 0 saturated carbocycles. The first-order valence-corrected chi connectivity index (χ1v) is 12.4. The summed E-state index contributed by atoms with van der Waals surface area (Å²) < 4.78 is 5.84. The van der Waals surface area contributed by atoms with Gasteiger partial charge in [0.25, 0.3) is 5.91 Å². The van der Waals surface area contributed by atoms with Crippen LogP contribution in [0.1, 0.15) is 15.9 Å². The van der Waals surface area contributed by atoms with Crippen molar-refractivity contribution in [1.29, 1.82) is 0 Å². The number of hydrogen-bond acceptors (Lipinski definition) is 6. The Labute approximate surface area is 206 Å². The largest absolute Gasteiger partial charge is 0.493 e. The van der Waals surface area contributed by atoms with Crippen LogP contribution in [0.15, 0.2) is 89.8 Å².